The Balaban J connectivity index is 0.00000162. The van der Waals surface area contributed by atoms with Crippen molar-refractivity contribution in [2.24, 2.45) is 11.8 Å². The van der Waals surface area contributed by atoms with E-state index in [9.17, 15) is 4.79 Å². The first kappa shape index (κ1) is 15.6. The van der Waals surface area contributed by atoms with Crippen LogP contribution in [0.2, 0.25) is 0 Å². The summed E-state index contributed by atoms with van der Waals surface area (Å²) in [5, 5.41) is 3.42. The van der Waals surface area contributed by atoms with Gasteiger partial charge in [-0.25, -0.2) is 4.79 Å². The molecule has 2 heterocycles. The zero-order chi connectivity index (χ0) is 12.5. The average molecular weight is 277 g/mol. The largest absolute Gasteiger partial charge is 0.444 e. The molecule has 2 fully saturated rings. The van der Waals surface area contributed by atoms with Gasteiger partial charge in [0.2, 0.25) is 0 Å². The van der Waals surface area contributed by atoms with E-state index in [0.717, 1.165) is 26.2 Å². The number of likely N-dealkylation sites (tertiary alicyclic amines) is 1. The van der Waals surface area contributed by atoms with Crippen molar-refractivity contribution in [3.63, 3.8) is 0 Å². The first-order chi connectivity index (χ1) is 7.96. The molecule has 18 heavy (non-hydrogen) atoms. The topological polar surface area (TPSA) is 41.6 Å². The SMILES string of the molecule is CC(C)(C)OC(=O)N1C[C@H]2CCNCC[C@H]2C1.Cl. The summed E-state index contributed by atoms with van der Waals surface area (Å²) in [6.45, 7) is 9.68. The van der Waals surface area contributed by atoms with Crippen molar-refractivity contribution >= 4 is 18.5 Å². The van der Waals surface area contributed by atoms with Crippen LogP contribution in [-0.2, 0) is 4.74 Å². The summed E-state index contributed by atoms with van der Waals surface area (Å²) in [7, 11) is 0. The number of fused-ring (bicyclic) bond motifs is 1. The number of halogens is 1. The Morgan fingerprint density at radius 1 is 1.17 bits per heavy atom. The van der Waals surface area contributed by atoms with Gasteiger partial charge in [-0.1, -0.05) is 0 Å². The number of carbonyl (C=O) groups is 1. The molecule has 0 radical (unpaired) electrons. The van der Waals surface area contributed by atoms with Gasteiger partial charge in [0, 0.05) is 13.1 Å². The van der Waals surface area contributed by atoms with Crippen LogP contribution in [0.5, 0.6) is 0 Å². The monoisotopic (exact) mass is 276 g/mol. The maximum atomic E-state index is 12.0. The molecule has 106 valence electrons. The summed E-state index contributed by atoms with van der Waals surface area (Å²) < 4.78 is 5.43. The molecule has 2 aliphatic rings. The molecular formula is C13H25ClN2O2. The molecule has 2 atom stereocenters. The van der Waals surface area contributed by atoms with E-state index < -0.39 is 0 Å². The maximum absolute atomic E-state index is 12.0. The van der Waals surface area contributed by atoms with Gasteiger partial charge < -0.3 is 15.0 Å². The highest BCUT2D eigenvalue weighted by atomic mass is 35.5. The summed E-state index contributed by atoms with van der Waals surface area (Å²) in [5.74, 6) is 1.33. The van der Waals surface area contributed by atoms with E-state index in [2.05, 4.69) is 5.32 Å². The predicted molar refractivity (Wildman–Crippen MR) is 74.1 cm³/mol. The molecule has 0 spiro atoms. The van der Waals surface area contributed by atoms with Crippen LogP contribution >= 0.6 is 12.4 Å². The number of nitrogens with one attached hydrogen (secondary N) is 1. The molecule has 0 bridgehead atoms. The molecule has 0 saturated carbocycles. The maximum Gasteiger partial charge on any atom is 0.410 e. The van der Waals surface area contributed by atoms with E-state index in [0.29, 0.717) is 11.8 Å². The fourth-order valence-electron chi connectivity index (χ4n) is 2.77. The van der Waals surface area contributed by atoms with E-state index in [1.165, 1.54) is 12.8 Å². The van der Waals surface area contributed by atoms with Gasteiger partial charge >= 0.3 is 6.09 Å². The number of hydrogen-bond acceptors (Lipinski definition) is 3. The Labute approximate surface area is 116 Å². The van der Waals surface area contributed by atoms with E-state index >= 15 is 0 Å². The van der Waals surface area contributed by atoms with Gasteiger partial charge in [-0.3, -0.25) is 0 Å². The summed E-state index contributed by atoms with van der Waals surface area (Å²) in [4.78, 5) is 13.9. The second kappa shape index (κ2) is 6.11. The Hall–Kier alpha value is -0.480. The van der Waals surface area contributed by atoms with Crippen molar-refractivity contribution < 1.29 is 9.53 Å². The van der Waals surface area contributed by atoms with Crippen molar-refractivity contribution in [2.45, 2.75) is 39.2 Å². The van der Waals surface area contributed by atoms with Crippen LogP contribution in [-0.4, -0.2) is 42.8 Å². The lowest BCUT2D eigenvalue weighted by Gasteiger charge is -2.24. The molecular weight excluding hydrogens is 252 g/mol. The fourth-order valence-corrected chi connectivity index (χ4v) is 2.77. The van der Waals surface area contributed by atoms with E-state index in [-0.39, 0.29) is 24.1 Å². The molecule has 5 heteroatoms. The van der Waals surface area contributed by atoms with Crippen LogP contribution in [0.4, 0.5) is 4.79 Å². The summed E-state index contributed by atoms with van der Waals surface area (Å²) in [6, 6.07) is 0. The number of hydrogen-bond donors (Lipinski definition) is 1. The molecule has 0 aromatic rings. The van der Waals surface area contributed by atoms with E-state index in [1.807, 2.05) is 25.7 Å². The lowest BCUT2D eigenvalue weighted by atomic mass is 9.92. The van der Waals surface area contributed by atoms with Crippen molar-refractivity contribution in [3.8, 4) is 0 Å². The quantitative estimate of drug-likeness (QED) is 0.738. The minimum Gasteiger partial charge on any atom is -0.444 e. The molecule has 2 rings (SSSR count). The molecule has 0 aliphatic carbocycles. The van der Waals surface area contributed by atoms with Crippen molar-refractivity contribution in [1.82, 2.24) is 10.2 Å². The third-order valence-electron chi connectivity index (χ3n) is 3.61. The Morgan fingerprint density at radius 2 is 1.67 bits per heavy atom. The summed E-state index contributed by atoms with van der Waals surface area (Å²) >= 11 is 0. The zero-order valence-corrected chi connectivity index (χ0v) is 12.4. The van der Waals surface area contributed by atoms with Gasteiger partial charge in [-0.05, 0) is 58.5 Å². The minimum atomic E-state index is -0.386. The molecule has 4 nitrogen and oxygen atoms in total. The highest BCUT2D eigenvalue weighted by Gasteiger charge is 2.37. The number of amides is 1. The third kappa shape index (κ3) is 4.02. The minimum absolute atomic E-state index is 0. The van der Waals surface area contributed by atoms with E-state index in [1.54, 1.807) is 0 Å². The normalized spacial score (nSPS) is 28.1. The lowest BCUT2D eigenvalue weighted by Crippen LogP contribution is -2.36. The highest BCUT2D eigenvalue weighted by molar-refractivity contribution is 5.85. The number of ether oxygens (including phenoxy) is 1. The Kier molecular flexibility index (Phi) is 5.29. The average Bonchev–Trinajstić information content (AvgIpc) is 2.48. The first-order valence-electron chi connectivity index (χ1n) is 6.64. The van der Waals surface area contributed by atoms with Gasteiger partial charge in [0.25, 0.3) is 0 Å². The van der Waals surface area contributed by atoms with Crippen LogP contribution in [0.1, 0.15) is 33.6 Å². The number of rotatable bonds is 0. The van der Waals surface area contributed by atoms with Crippen LogP contribution in [0.15, 0.2) is 0 Å². The molecule has 0 unspecified atom stereocenters. The van der Waals surface area contributed by atoms with Gasteiger partial charge in [0.15, 0.2) is 0 Å². The van der Waals surface area contributed by atoms with Gasteiger partial charge in [0.1, 0.15) is 5.60 Å². The Morgan fingerprint density at radius 3 is 2.11 bits per heavy atom. The second-order valence-electron chi connectivity index (χ2n) is 6.23. The zero-order valence-electron chi connectivity index (χ0n) is 11.6. The standard InChI is InChI=1S/C13H24N2O2.ClH/c1-13(2,3)17-12(16)15-8-10-4-6-14-7-5-11(10)9-15;/h10-11,14H,4-9H2,1-3H3;1H/t10-,11+;. The Bertz CT molecular complexity index is 277. The van der Waals surface area contributed by atoms with Gasteiger partial charge in [0.05, 0.1) is 0 Å². The fraction of sp³-hybridized carbons (Fsp3) is 0.923. The molecule has 1 amide bonds. The van der Waals surface area contributed by atoms with Crippen LogP contribution in [0.25, 0.3) is 0 Å². The smallest absolute Gasteiger partial charge is 0.410 e. The van der Waals surface area contributed by atoms with Crippen molar-refractivity contribution in [1.29, 1.82) is 0 Å². The summed E-state index contributed by atoms with van der Waals surface area (Å²) in [6.07, 6.45) is 2.23. The van der Waals surface area contributed by atoms with Crippen molar-refractivity contribution in [2.75, 3.05) is 26.2 Å². The molecule has 0 aromatic heterocycles. The highest BCUT2D eigenvalue weighted by Crippen LogP contribution is 2.30. The lowest BCUT2D eigenvalue weighted by molar-refractivity contribution is 0.0282. The van der Waals surface area contributed by atoms with E-state index in [4.69, 9.17) is 4.74 Å². The van der Waals surface area contributed by atoms with Crippen LogP contribution in [0, 0.1) is 11.8 Å². The third-order valence-corrected chi connectivity index (χ3v) is 3.61. The van der Waals surface area contributed by atoms with Gasteiger partial charge in [-0.15, -0.1) is 12.4 Å². The molecule has 0 aromatic carbocycles. The second-order valence-corrected chi connectivity index (χ2v) is 6.23. The number of carbonyl (C=O) groups excluding carboxylic acids is 1. The van der Waals surface area contributed by atoms with Crippen molar-refractivity contribution in [3.05, 3.63) is 0 Å². The van der Waals surface area contributed by atoms with Gasteiger partial charge in [-0.2, -0.15) is 0 Å². The summed E-state index contributed by atoms with van der Waals surface area (Å²) in [5.41, 5.74) is -0.386. The van der Waals surface area contributed by atoms with Crippen LogP contribution < -0.4 is 5.32 Å². The predicted octanol–water partition coefficient (Wildman–Crippen LogP) is 2.27. The van der Waals surface area contributed by atoms with Crippen LogP contribution in [0.3, 0.4) is 0 Å². The molecule has 2 saturated heterocycles. The molecule has 2 aliphatic heterocycles. The molecule has 1 N–H and O–H groups in total. The number of nitrogens with zero attached hydrogens (tertiary/aromatic N) is 1. The first-order valence-corrected chi connectivity index (χ1v) is 6.64.